The van der Waals surface area contributed by atoms with E-state index >= 15 is 0 Å². The highest BCUT2D eigenvalue weighted by Crippen LogP contribution is 2.47. The molecule has 4 aliphatic rings. The van der Waals surface area contributed by atoms with Gasteiger partial charge in [-0.05, 0) is 37.5 Å². The molecule has 0 aromatic carbocycles. The molecule has 4 bridgehead atoms. The summed E-state index contributed by atoms with van der Waals surface area (Å²) in [6, 6.07) is 0.490. The molecule has 72 valence electrons. The normalized spacial score (nSPS) is 53.3. The number of nitrogens with one attached hydrogen (secondary N) is 1. The summed E-state index contributed by atoms with van der Waals surface area (Å²) in [4.78, 5) is 11.7. The first-order chi connectivity index (χ1) is 6.24. The van der Waals surface area contributed by atoms with E-state index in [1.165, 1.54) is 19.3 Å². The number of rotatable bonds is 0. The lowest BCUT2D eigenvalue weighted by Crippen LogP contribution is -2.44. The Bertz CT molecular complexity index is 255. The summed E-state index contributed by atoms with van der Waals surface area (Å²) in [5.41, 5.74) is 0. The van der Waals surface area contributed by atoms with Gasteiger partial charge in [0.15, 0.2) is 0 Å². The molecule has 4 unspecified atom stereocenters. The summed E-state index contributed by atoms with van der Waals surface area (Å²) >= 11 is 2.55. The molecule has 5 atom stereocenters. The number of carbonyl (C=O) groups excluding carboxylic acids is 1. The van der Waals surface area contributed by atoms with Gasteiger partial charge in [-0.15, -0.1) is 0 Å². The van der Waals surface area contributed by atoms with Crippen molar-refractivity contribution >= 4 is 28.5 Å². The van der Waals surface area contributed by atoms with Crippen LogP contribution in [0.2, 0.25) is 0 Å². The summed E-state index contributed by atoms with van der Waals surface area (Å²) < 4.78 is 0.697. The number of fused-ring (bicyclic) bond motifs is 1. The molecule has 0 spiro atoms. The molecule has 4 fully saturated rings. The highest BCUT2D eigenvalue weighted by molar-refractivity contribution is 14.1. The van der Waals surface area contributed by atoms with E-state index in [0.717, 1.165) is 18.3 Å². The SMILES string of the molecule is O=C1NC2CC3CC1CC(C3)[C@H]2I. The van der Waals surface area contributed by atoms with Gasteiger partial charge in [0.2, 0.25) is 5.91 Å². The minimum atomic E-state index is 0.344. The molecule has 0 aromatic heterocycles. The Labute approximate surface area is 92.0 Å². The first-order valence-electron chi connectivity index (χ1n) is 5.18. The molecule has 0 aromatic rings. The van der Waals surface area contributed by atoms with E-state index in [2.05, 4.69) is 27.9 Å². The van der Waals surface area contributed by atoms with Gasteiger partial charge in [-0.25, -0.2) is 0 Å². The Morgan fingerprint density at radius 3 is 2.92 bits per heavy atom. The molecule has 13 heavy (non-hydrogen) atoms. The third kappa shape index (κ3) is 1.22. The fraction of sp³-hybridized carbons (Fsp3) is 0.900. The van der Waals surface area contributed by atoms with Crippen molar-refractivity contribution in [2.24, 2.45) is 17.8 Å². The monoisotopic (exact) mass is 291 g/mol. The summed E-state index contributed by atoms with van der Waals surface area (Å²) in [5.74, 6) is 2.37. The zero-order valence-corrected chi connectivity index (χ0v) is 9.66. The van der Waals surface area contributed by atoms with Gasteiger partial charge in [-0.2, -0.15) is 0 Å². The molecular formula is C10H14INO. The molecule has 2 saturated heterocycles. The van der Waals surface area contributed by atoms with Crippen molar-refractivity contribution in [2.75, 3.05) is 0 Å². The molecular weight excluding hydrogens is 277 g/mol. The van der Waals surface area contributed by atoms with Crippen LogP contribution in [0, 0.1) is 17.8 Å². The topological polar surface area (TPSA) is 29.1 Å². The molecule has 2 heterocycles. The smallest absolute Gasteiger partial charge is 0.223 e. The first kappa shape index (κ1) is 8.50. The maximum atomic E-state index is 11.7. The van der Waals surface area contributed by atoms with Crippen LogP contribution < -0.4 is 5.32 Å². The average molecular weight is 291 g/mol. The number of hydrogen-bond donors (Lipinski definition) is 1. The van der Waals surface area contributed by atoms with Crippen LogP contribution in [0.15, 0.2) is 0 Å². The largest absolute Gasteiger partial charge is 0.352 e. The predicted octanol–water partition coefficient (Wildman–Crippen LogP) is 1.72. The number of carbonyl (C=O) groups is 1. The Kier molecular flexibility index (Phi) is 1.86. The van der Waals surface area contributed by atoms with Gasteiger partial charge in [0, 0.05) is 15.9 Å². The zero-order chi connectivity index (χ0) is 9.00. The van der Waals surface area contributed by atoms with Crippen molar-refractivity contribution < 1.29 is 4.79 Å². The van der Waals surface area contributed by atoms with E-state index < -0.39 is 0 Å². The second-order valence-electron chi connectivity index (χ2n) is 4.83. The van der Waals surface area contributed by atoms with Crippen LogP contribution in [0.4, 0.5) is 0 Å². The Hall–Kier alpha value is 0.200. The molecule has 1 N–H and O–H groups in total. The number of amides is 1. The quantitative estimate of drug-likeness (QED) is 0.534. The maximum absolute atomic E-state index is 11.7. The van der Waals surface area contributed by atoms with Crippen LogP contribution in [-0.2, 0) is 4.79 Å². The van der Waals surface area contributed by atoms with Crippen LogP contribution in [0.1, 0.15) is 25.7 Å². The van der Waals surface area contributed by atoms with Gasteiger partial charge < -0.3 is 5.32 Å². The Morgan fingerprint density at radius 1 is 1.23 bits per heavy atom. The molecule has 4 rings (SSSR count). The lowest BCUT2D eigenvalue weighted by Gasteiger charge is -2.40. The van der Waals surface area contributed by atoms with Gasteiger partial charge in [0.1, 0.15) is 0 Å². The molecule has 2 nitrogen and oxygen atoms in total. The van der Waals surface area contributed by atoms with Gasteiger partial charge in [0.05, 0.1) is 0 Å². The lowest BCUT2D eigenvalue weighted by atomic mass is 9.68. The van der Waals surface area contributed by atoms with Crippen LogP contribution in [0.3, 0.4) is 0 Å². The first-order valence-corrected chi connectivity index (χ1v) is 6.43. The number of alkyl halides is 1. The fourth-order valence-corrected chi connectivity index (χ4v) is 4.47. The standard InChI is InChI=1S/C10H14INO/c11-9-6-1-5-2-7(4-6)10(13)12-8(9)3-5/h5-9H,1-4H2,(H,12,13)/t5?,6?,7?,8?,9-/m1/s1. The lowest BCUT2D eigenvalue weighted by molar-refractivity contribution is -0.125. The summed E-state index contributed by atoms with van der Waals surface area (Å²) in [7, 11) is 0. The van der Waals surface area contributed by atoms with Crippen molar-refractivity contribution in [1.82, 2.24) is 5.32 Å². The van der Waals surface area contributed by atoms with Crippen molar-refractivity contribution in [3.8, 4) is 0 Å². The van der Waals surface area contributed by atoms with Crippen molar-refractivity contribution in [2.45, 2.75) is 35.6 Å². The highest BCUT2D eigenvalue weighted by atomic mass is 127. The number of halogens is 1. The molecule has 2 aliphatic heterocycles. The predicted molar refractivity (Wildman–Crippen MR) is 58.7 cm³/mol. The molecule has 2 saturated carbocycles. The third-order valence-electron chi connectivity index (χ3n) is 3.96. The van der Waals surface area contributed by atoms with Crippen LogP contribution >= 0.6 is 22.6 Å². The van der Waals surface area contributed by atoms with E-state index in [1.807, 2.05) is 0 Å². The minimum Gasteiger partial charge on any atom is -0.352 e. The summed E-state index contributed by atoms with van der Waals surface area (Å²) in [6.07, 6.45) is 4.95. The fourth-order valence-electron chi connectivity index (χ4n) is 3.41. The van der Waals surface area contributed by atoms with Crippen molar-refractivity contribution in [1.29, 1.82) is 0 Å². The Morgan fingerprint density at radius 2 is 2.08 bits per heavy atom. The summed E-state index contributed by atoms with van der Waals surface area (Å²) in [6.45, 7) is 0. The van der Waals surface area contributed by atoms with Crippen LogP contribution in [-0.4, -0.2) is 15.9 Å². The van der Waals surface area contributed by atoms with E-state index in [0.29, 0.717) is 21.8 Å². The molecule has 3 heteroatoms. The van der Waals surface area contributed by atoms with Gasteiger partial charge in [-0.3, -0.25) is 4.79 Å². The average Bonchev–Trinajstić information content (AvgIpc) is 2.26. The summed E-state index contributed by atoms with van der Waals surface area (Å²) in [5, 5.41) is 3.20. The van der Waals surface area contributed by atoms with Crippen molar-refractivity contribution in [3.05, 3.63) is 0 Å². The van der Waals surface area contributed by atoms with E-state index in [4.69, 9.17) is 0 Å². The van der Waals surface area contributed by atoms with Gasteiger partial charge >= 0.3 is 0 Å². The second-order valence-corrected chi connectivity index (χ2v) is 6.26. The van der Waals surface area contributed by atoms with E-state index in [1.54, 1.807) is 0 Å². The molecule has 2 aliphatic carbocycles. The molecule has 1 amide bonds. The van der Waals surface area contributed by atoms with Gasteiger partial charge in [-0.1, -0.05) is 22.6 Å². The Balaban J connectivity index is 1.98. The van der Waals surface area contributed by atoms with Gasteiger partial charge in [0.25, 0.3) is 0 Å². The van der Waals surface area contributed by atoms with E-state index in [9.17, 15) is 4.79 Å². The van der Waals surface area contributed by atoms with Crippen molar-refractivity contribution in [3.63, 3.8) is 0 Å². The number of hydrogen-bond acceptors (Lipinski definition) is 1. The minimum absolute atomic E-state index is 0.344. The molecule has 0 radical (unpaired) electrons. The van der Waals surface area contributed by atoms with E-state index in [-0.39, 0.29) is 0 Å². The second kappa shape index (κ2) is 2.84. The highest BCUT2D eigenvalue weighted by Gasteiger charge is 2.47. The van der Waals surface area contributed by atoms with Crippen LogP contribution in [0.25, 0.3) is 0 Å². The maximum Gasteiger partial charge on any atom is 0.223 e. The third-order valence-corrected chi connectivity index (χ3v) is 5.85. The zero-order valence-electron chi connectivity index (χ0n) is 7.50. The van der Waals surface area contributed by atoms with Crippen LogP contribution in [0.5, 0.6) is 0 Å².